The summed E-state index contributed by atoms with van der Waals surface area (Å²) in [5.74, 6) is 2.14. The van der Waals surface area contributed by atoms with Gasteiger partial charge in [0.05, 0.1) is 42.9 Å². The first-order valence-electron chi connectivity index (χ1n) is 29.5. The van der Waals surface area contributed by atoms with Crippen molar-refractivity contribution in [3.05, 3.63) is 12.2 Å². The van der Waals surface area contributed by atoms with Crippen LogP contribution in [0, 0.1) is 80.3 Å². The van der Waals surface area contributed by atoms with Crippen molar-refractivity contribution in [2.75, 3.05) is 41.9 Å². The predicted octanol–water partition coefficient (Wildman–Crippen LogP) is 11.0. The Bertz CT molecular complexity index is 1960. The van der Waals surface area contributed by atoms with Gasteiger partial charge in [0.15, 0.2) is 0 Å². The van der Waals surface area contributed by atoms with Gasteiger partial charge in [-0.2, -0.15) is 0 Å². The van der Waals surface area contributed by atoms with Crippen molar-refractivity contribution >= 4 is 23.5 Å². The van der Waals surface area contributed by atoms with Gasteiger partial charge in [-0.15, -0.1) is 0 Å². The Morgan fingerprint density at radius 2 is 1.48 bits per heavy atom. The van der Waals surface area contributed by atoms with E-state index in [1.54, 1.807) is 26.2 Å². The molecule has 5 aliphatic carbocycles. The van der Waals surface area contributed by atoms with Crippen LogP contribution in [0.4, 0.5) is 0 Å². The van der Waals surface area contributed by atoms with E-state index in [1.165, 1.54) is 44.1 Å². The van der Waals surface area contributed by atoms with Gasteiger partial charge in [0, 0.05) is 40.2 Å². The zero-order valence-electron chi connectivity index (χ0n) is 49.7. The van der Waals surface area contributed by atoms with Gasteiger partial charge in [0.25, 0.3) is 0 Å². The first-order valence-corrected chi connectivity index (χ1v) is 29.5. The van der Waals surface area contributed by atoms with E-state index in [0.717, 1.165) is 51.4 Å². The van der Waals surface area contributed by atoms with Crippen LogP contribution in [0.15, 0.2) is 12.2 Å². The molecule has 6 aliphatic rings. The Morgan fingerprint density at radius 1 is 0.808 bits per heavy atom. The molecule has 418 valence electrons. The van der Waals surface area contributed by atoms with Crippen LogP contribution in [0.1, 0.15) is 193 Å². The summed E-state index contributed by atoms with van der Waals surface area (Å²) in [7, 11) is 8.88. The number of nitrogens with one attached hydrogen (secondary N) is 1. The lowest BCUT2D eigenvalue weighted by Crippen LogP contribution is -2.66. The first-order chi connectivity index (χ1) is 34.0. The summed E-state index contributed by atoms with van der Waals surface area (Å²) in [6, 6.07) is -1.79. The summed E-state index contributed by atoms with van der Waals surface area (Å²) in [6.45, 7) is 34.3. The smallest absolute Gasteiger partial charge is 0.245 e. The SMILES string of the molecule is C=C(C)[C@@H]1CC[C@]2(CCC(=O)[C@H](C)[C@@H](OC)C3CCCN3C(=O)C[C@@H](OC)[C@H]([C@@H](C)CC)N(C)C(=O)C(NC(=O)[C@H](C(C)C)N(C)C)C(C)C)CC[C@]3(C)C(CCC4[C@@]5(C)CC[C@H](O)C(C)(C)C5CC[C@]43C)C12. The zero-order valence-corrected chi connectivity index (χ0v) is 49.7. The van der Waals surface area contributed by atoms with Crippen LogP contribution >= 0.6 is 0 Å². The molecule has 11 nitrogen and oxygen atoms in total. The van der Waals surface area contributed by atoms with Crippen molar-refractivity contribution in [1.82, 2.24) is 20.0 Å². The van der Waals surface area contributed by atoms with E-state index in [-0.39, 0.29) is 98.9 Å². The van der Waals surface area contributed by atoms with Crippen molar-refractivity contribution in [3.8, 4) is 0 Å². The average Bonchev–Trinajstić information content (AvgIpc) is 3.97. The van der Waals surface area contributed by atoms with Crippen LogP contribution in [0.2, 0.25) is 0 Å². The zero-order chi connectivity index (χ0) is 54.5. The molecule has 1 heterocycles. The number of hydrogen-bond acceptors (Lipinski definition) is 8. The van der Waals surface area contributed by atoms with Gasteiger partial charge in [-0.1, -0.05) is 102 Å². The number of fused-ring (bicyclic) bond motifs is 7. The lowest BCUT2D eigenvalue weighted by molar-refractivity contribution is -0.248. The number of methoxy groups -OCH3 is 2. The summed E-state index contributed by atoms with van der Waals surface area (Å²) in [5, 5.41) is 14.4. The molecule has 6 unspecified atom stereocenters. The number of Topliss-reactive ketones (excluding diaryl/α,β-unsaturated/α-hetero) is 1. The number of likely N-dealkylation sites (tertiary alicyclic amines) is 1. The Labute approximate surface area is 445 Å². The monoisotopic (exact) mass is 1020 g/mol. The van der Waals surface area contributed by atoms with Crippen LogP contribution in [0.3, 0.4) is 0 Å². The van der Waals surface area contributed by atoms with E-state index in [4.69, 9.17) is 9.47 Å². The molecule has 5 saturated carbocycles. The Morgan fingerprint density at radius 3 is 2.05 bits per heavy atom. The third kappa shape index (κ3) is 10.7. The average molecular weight is 1020 g/mol. The van der Waals surface area contributed by atoms with Crippen molar-refractivity contribution in [2.24, 2.45) is 80.3 Å². The highest BCUT2D eigenvalue weighted by Crippen LogP contribution is 2.78. The van der Waals surface area contributed by atoms with Crippen LogP contribution < -0.4 is 5.32 Å². The molecule has 1 saturated heterocycles. The van der Waals surface area contributed by atoms with Crippen molar-refractivity contribution in [2.45, 2.75) is 235 Å². The van der Waals surface area contributed by atoms with Crippen molar-refractivity contribution in [1.29, 1.82) is 0 Å². The number of amides is 3. The number of hydrogen-bond donors (Lipinski definition) is 2. The molecule has 0 spiro atoms. The standard InChI is InChI=1S/C62H108N4O7/c1-20-40(8)54(65(17)57(71)52(38(4)5)63-56(70)53(39(6)7)64(15)16)46(72-18)36-50(69)66-35-21-22-44(66)55(73-19)41(9)45(67)26-32-62-31-25-42(37(2)3)51(62)43-23-24-48-59(12)29-28-49(68)58(10,11)47(59)27-30-61(48,14)60(43,13)33-34-62/h38-44,46-49,51-55,68H,2,20-36H2,1,3-19H3,(H,63,70)/t40-,41-,42-,43?,44?,46+,47?,48?,49-,51?,52?,53-,54-,55+,59-,60+,61+,62-/m0/s1. The van der Waals surface area contributed by atoms with Gasteiger partial charge in [-0.25, -0.2) is 0 Å². The summed E-state index contributed by atoms with van der Waals surface area (Å²) >= 11 is 0. The summed E-state index contributed by atoms with van der Waals surface area (Å²) in [5.41, 5.74) is 2.06. The second kappa shape index (κ2) is 22.9. The van der Waals surface area contributed by atoms with E-state index < -0.39 is 24.3 Å². The van der Waals surface area contributed by atoms with Gasteiger partial charge >= 0.3 is 0 Å². The molecular weight excluding hydrogens is 913 g/mol. The molecule has 3 amide bonds. The lowest BCUT2D eigenvalue weighted by Gasteiger charge is -2.73. The molecule has 2 N–H and O–H groups in total. The third-order valence-electron chi connectivity index (χ3n) is 23.1. The Hall–Kier alpha value is -2.34. The van der Waals surface area contributed by atoms with E-state index in [9.17, 15) is 24.3 Å². The maximum absolute atomic E-state index is 14.8. The van der Waals surface area contributed by atoms with Crippen LogP contribution in [0.5, 0.6) is 0 Å². The number of carbonyl (C=O) groups is 4. The molecular formula is C62H108N4O7. The number of aliphatic hydroxyl groups is 1. The topological polar surface area (TPSA) is 129 Å². The van der Waals surface area contributed by atoms with Crippen molar-refractivity contribution < 1.29 is 33.8 Å². The maximum Gasteiger partial charge on any atom is 0.245 e. The summed E-state index contributed by atoms with van der Waals surface area (Å²) < 4.78 is 12.5. The molecule has 11 heteroatoms. The molecule has 18 atom stereocenters. The normalized spacial score (nSPS) is 36.7. The number of carbonyl (C=O) groups excluding carboxylic acids is 4. The van der Waals surface area contributed by atoms with E-state index in [0.29, 0.717) is 42.6 Å². The number of ketones is 1. The van der Waals surface area contributed by atoms with Gasteiger partial charge < -0.3 is 29.7 Å². The van der Waals surface area contributed by atoms with Gasteiger partial charge in [-0.3, -0.25) is 24.1 Å². The molecule has 6 rings (SSSR count). The number of likely N-dealkylation sites (N-methyl/N-ethyl adjacent to an activating group) is 2. The number of allylic oxidation sites excluding steroid dienone is 1. The highest BCUT2D eigenvalue weighted by molar-refractivity contribution is 5.90. The molecule has 73 heavy (non-hydrogen) atoms. The number of ether oxygens (including phenoxy) is 2. The molecule has 0 aromatic heterocycles. The maximum atomic E-state index is 14.8. The highest BCUT2D eigenvalue weighted by Gasteiger charge is 2.71. The second-order valence-corrected chi connectivity index (χ2v) is 27.9. The minimum Gasteiger partial charge on any atom is -0.393 e. The molecule has 0 radical (unpaired) electrons. The molecule has 0 aromatic carbocycles. The van der Waals surface area contributed by atoms with E-state index in [2.05, 4.69) is 67.3 Å². The fourth-order valence-electron chi connectivity index (χ4n) is 18.7. The number of nitrogens with zero attached hydrogens (tertiary/aromatic N) is 3. The quantitative estimate of drug-likeness (QED) is 0.109. The van der Waals surface area contributed by atoms with E-state index >= 15 is 0 Å². The Balaban J connectivity index is 1.15. The molecule has 1 aliphatic heterocycles. The van der Waals surface area contributed by atoms with Crippen LogP contribution in [-0.4, -0.2) is 128 Å². The van der Waals surface area contributed by atoms with Gasteiger partial charge in [0.1, 0.15) is 11.8 Å². The van der Waals surface area contributed by atoms with Gasteiger partial charge in [0.2, 0.25) is 17.7 Å². The van der Waals surface area contributed by atoms with Crippen molar-refractivity contribution in [3.63, 3.8) is 0 Å². The predicted molar refractivity (Wildman–Crippen MR) is 294 cm³/mol. The Kier molecular flexibility index (Phi) is 18.8. The van der Waals surface area contributed by atoms with E-state index in [1.807, 2.05) is 58.5 Å². The van der Waals surface area contributed by atoms with Gasteiger partial charge in [-0.05, 0) is 179 Å². The first kappa shape index (κ1) is 59.9. The highest BCUT2D eigenvalue weighted by atomic mass is 16.5. The number of aliphatic hydroxyl groups excluding tert-OH is 1. The summed E-state index contributed by atoms with van der Waals surface area (Å²) in [4.78, 5) is 63.1. The summed E-state index contributed by atoms with van der Waals surface area (Å²) in [6.07, 6.45) is 14.3. The molecule has 0 aromatic rings. The van der Waals surface area contributed by atoms with Crippen LogP contribution in [-0.2, 0) is 28.7 Å². The molecule has 6 fully saturated rings. The largest absolute Gasteiger partial charge is 0.393 e. The lowest BCUT2D eigenvalue weighted by atomic mass is 9.32. The number of rotatable bonds is 21. The third-order valence-corrected chi connectivity index (χ3v) is 23.1. The minimum absolute atomic E-state index is 0.00304. The second-order valence-electron chi connectivity index (χ2n) is 27.9. The minimum atomic E-state index is -0.744. The fraction of sp³-hybridized carbons (Fsp3) is 0.903. The van der Waals surface area contributed by atoms with Crippen LogP contribution in [0.25, 0.3) is 0 Å². The molecule has 0 bridgehead atoms. The fourth-order valence-corrected chi connectivity index (χ4v) is 18.7.